The van der Waals surface area contributed by atoms with Crippen LogP contribution < -0.4 is 5.32 Å². The van der Waals surface area contributed by atoms with Crippen molar-refractivity contribution in [3.8, 4) is 0 Å². The first kappa shape index (κ1) is 18.8. The van der Waals surface area contributed by atoms with Gasteiger partial charge in [0.15, 0.2) is 0 Å². The molecule has 0 bridgehead atoms. The molecule has 1 atom stereocenters. The van der Waals surface area contributed by atoms with Crippen molar-refractivity contribution >= 4 is 5.91 Å². The molecule has 0 aliphatic heterocycles. The third kappa shape index (κ3) is 4.08. The number of amides is 1. The summed E-state index contributed by atoms with van der Waals surface area (Å²) in [6, 6.07) is 13.2. The van der Waals surface area contributed by atoms with Gasteiger partial charge in [-0.15, -0.1) is 0 Å². The minimum Gasteiger partial charge on any atom is -0.338 e. The average Bonchev–Trinajstić information content (AvgIpc) is 3.05. The van der Waals surface area contributed by atoms with Gasteiger partial charge in [-0.3, -0.25) is 4.79 Å². The average molecular weight is 365 g/mol. The monoisotopic (exact) mass is 365 g/mol. The van der Waals surface area contributed by atoms with Gasteiger partial charge in [-0.05, 0) is 29.2 Å². The summed E-state index contributed by atoms with van der Waals surface area (Å²) in [6.07, 6.45) is 3.40. The number of carbonyl (C=O) groups is 1. The Bertz CT molecular complexity index is 939. The van der Waals surface area contributed by atoms with E-state index in [9.17, 15) is 9.18 Å². The summed E-state index contributed by atoms with van der Waals surface area (Å²) in [6.45, 7) is 6.37. The molecule has 1 aromatic heterocycles. The predicted molar refractivity (Wildman–Crippen MR) is 104 cm³/mol. The Labute approximate surface area is 159 Å². The molecule has 0 spiro atoms. The Balaban J connectivity index is 1.92. The highest BCUT2D eigenvalue weighted by molar-refractivity contribution is 5.94. The van der Waals surface area contributed by atoms with Crippen LogP contribution in [0.2, 0.25) is 0 Å². The van der Waals surface area contributed by atoms with Crippen LogP contribution in [0.4, 0.5) is 4.39 Å². The lowest BCUT2D eigenvalue weighted by Gasteiger charge is -2.21. The van der Waals surface area contributed by atoms with Gasteiger partial charge in [-0.1, -0.05) is 51.1 Å². The number of hydrogen-bond donors (Lipinski definition) is 1. The van der Waals surface area contributed by atoms with E-state index >= 15 is 0 Å². The number of hydrogen-bond acceptors (Lipinski definition) is 2. The van der Waals surface area contributed by atoms with Gasteiger partial charge in [-0.25, -0.2) is 9.37 Å². The molecular weight excluding hydrogens is 341 g/mol. The highest BCUT2D eigenvalue weighted by atomic mass is 19.1. The smallest absolute Gasteiger partial charge is 0.252 e. The van der Waals surface area contributed by atoms with Crippen molar-refractivity contribution < 1.29 is 9.18 Å². The maximum Gasteiger partial charge on any atom is 0.252 e. The molecule has 0 radical (unpaired) electrons. The van der Waals surface area contributed by atoms with Crippen molar-refractivity contribution in [3.05, 3.63) is 89.3 Å². The third-order valence-corrected chi connectivity index (χ3v) is 4.62. The van der Waals surface area contributed by atoms with Crippen molar-refractivity contribution in [1.82, 2.24) is 14.9 Å². The third-order valence-electron chi connectivity index (χ3n) is 4.62. The first-order valence-corrected chi connectivity index (χ1v) is 8.90. The summed E-state index contributed by atoms with van der Waals surface area (Å²) >= 11 is 0. The molecule has 0 aliphatic rings. The van der Waals surface area contributed by atoms with Crippen molar-refractivity contribution in [2.75, 3.05) is 0 Å². The van der Waals surface area contributed by atoms with Crippen molar-refractivity contribution in [2.24, 2.45) is 7.05 Å². The van der Waals surface area contributed by atoms with Crippen LogP contribution in [-0.2, 0) is 12.5 Å². The van der Waals surface area contributed by atoms with Crippen molar-refractivity contribution in [3.63, 3.8) is 0 Å². The van der Waals surface area contributed by atoms with Gasteiger partial charge in [0, 0.05) is 30.6 Å². The summed E-state index contributed by atoms with van der Waals surface area (Å²) in [5.74, 6) is -0.0830. The van der Waals surface area contributed by atoms with Gasteiger partial charge in [0.1, 0.15) is 17.7 Å². The number of rotatable bonds is 4. The Morgan fingerprint density at radius 2 is 1.78 bits per heavy atom. The van der Waals surface area contributed by atoms with E-state index in [0.717, 1.165) is 5.56 Å². The quantitative estimate of drug-likeness (QED) is 0.746. The Kier molecular flexibility index (Phi) is 5.13. The fourth-order valence-corrected chi connectivity index (χ4v) is 2.98. The maximum absolute atomic E-state index is 14.4. The number of halogens is 1. The lowest BCUT2D eigenvalue weighted by Crippen LogP contribution is -2.31. The molecule has 1 unspecified atom stereocenters. The minimum absolute atomic E-state index is 0.0116. The lowest BCUT2D eigenvalue weighted by atomic mass is 9.86. The van der Waals surface area contributed by atoms with Gasteiger partial charge < -0.3 is 9.88 Å². The Hall–Kier alpha value is -2.95. The molecule has 140 valence electrons. The van der Waals surface area contributed by atoms with Crippen molar-refractivity contribution in [1.29, 1.82) is 0 Å². The van der Waals surface area contributed by atoms with E-state index in [-0.39, 0.29) is 17.1 Å². The van der Waals surface area contributed by atoms with Crippen LogP contribution in [0.1, 0.15) is 54.1 Å². The highest BCUT2D eigenvalue weighted by Crippen LogP contribution is 2.25. The van der Waals surface area contributed by atoms with Crippen LogP contribution in [0.3, 0.4) is 0 Å². The zero-order valence-electron chi connectivity index (χ0n) is 16.0. The van der Waals surface area contributed by atoms with Crippen LogP contribution >= 0.6 is 0 Å². The number of nitrogens with one attached hydrogen (secondary N) is 1. The normalized spacial score (nSPS) is 12.6. The number of aryl methyl sites for hydroxylation is 1. The number of benzene rings is 2. The Morgan fingerprint density at radius 3 is 2.33 bits per heavy atom. The molecule has 3 rings (SSSR count). The van der Waals surface area contributed by atoms with Crippen LogP contribution in [0.15, 0.2) is 60.9 Å². The zero-order chi connectivity index (χ0) is 19.6. The van der Waals surface area contributed by atoms with E-state index in [1.165, 1.54) is 6.07 Å². The molecule has 5 heteroatoms. The van der Waals surface area contributed by atoms with Gasteiger partial charge in [0.05, 0.1) is 0 Å². The standard InChI is InChI=1S/C22H24FN3O/c1-22(2,3)16-11-9-15(10-12-16)21(27)25-19(20-24-13-14-26(20)4)17-7-5-6-8-18(17)23/h5-14,19H,1-4H3,(H,25,27). The van der Waals surface area contributed by atoms with E-state index < -0.39 is 6.04 Å². The minimum atomic E-state index is -0.680. The highest BCUT2D eigenvalue weighted by Gasteiger charge is 2.24. The number of aromatic nitrogens is 2. The summed E-state index contributed by atoms with van der Waals surface area (Å²) in [4.78, 5) is 17.1. The fourth-order valence-electron chi connectivity index (χ4n) is 2.98. The molecule has 1 N–H and O–H groups in total. The molecule has 4 nitrogen and oxygen atoms in total. The van der Waals surface area contributed by atoms with Gasteiger partial charge in [-0.2, -0.15) is 0 Å². The first-order valence-electron chi connectivity index (χ1n) is 8.90. The van der Waals surface area contributed by atoms with E-state index in [1.807, 2.05) is 19.2 Å². The van der Waals surface area contributed by atoms with E-state index in [2.05, 4.69) is 31.1 Å². The molecule has 2 aromatic carbocycles. The summed E-state index contributed by atoms with van der Waals surface area (Å²) in [7, 11) is 1.82. The first-order chi connectivity index (χ1) is 12.8. The lowest BCUT2D eigenvalue weighted by molar-refractivity contribution is 0.0940. The van der Waals surface area contributed by atoms with E-state index in [1.54, 1.807) is 47.3 Å². The Morgan fingerprint density at radius 1 is 1.11 bits per heavy atom. The molecule has 1 amide bonds. The number of nitrogens with zero attached hydrogens (tertiary/aromatic N) is 2. The second-order valence-corrected chi connectivity index (χ2v) is 7.65. The molecule has 27 heavy (non-hydrogen) atoms. The molecule has 0 fully saturated rings. The van der Waals surface area contributed by atoms with Crippen LogP contribution in [-0.4, -0.2) is 15.5 Å². The zero-order valence-corrected chi connectivity index (χ0v) is 16.0. The SMILES string of the molecule is Cn1ccnc1C(NC(=O)c1ccc(C(C)(C)C)cc1)c1ccccc1F. The van der Waals surface area contributed by atoms with Crippen LogP contribution in [0.5, 0.6) is 0 Å². The second-order valence-electron chi connectivity index (χ2n) is 7.65. The summed E-state index contributed by atoms with van der Waals surface area (Å²) < 4.78 is 16.2. The molecule has 0 saturated carbocycles. The van der Waals surface area contributed by atoms with Crippen molar-refractivity contribution in [2.45, 2.75) is 32.2 Å². The molecule has 0 aliphatic carbocycles. The molecule has 0 saturated heterocycles. The van der Waals surface area contributed by atoms with Gasteiger partial charge >= 0.3 is 0 Å². The fraction of sp³-hybridized carbons (Fsp3) is 0.273. The number of carbonyl (C=O) groups excluding carboxylic acids is 1. The molecular formula is C22H24FN3O. The summed E-state index contributed by atoms with van der Waals surface area (Å²) in [5, 5.41) is 2.93. The largest absolute Gasteiger partial charge is 0.338 e. The van der Waals surface area contributed by atoms with Gasteiger partial charge in [0.2, 0.25) is 0 Å². The topological polar surface area (TPSA) is 46.9 Å². The van der Waals surface area contributed by atoms with Crippen LogP contribution in [0, 0.1) is 5.82 Å². The maximum atomic E-state index is 14.4. The number of imidazole rings is 1. The molecule has 1 heterocycles. The van der Waals surface area contributed by atoms with Crippen LogP contribution in [0.25, 0.3) is 0 Å². The van der Waals surface area contributed by atoms with E-state index in [0.29, 0.717) is 17.0 Å². The second kappa shape index (κ2) is 7.35. The predicted octanol–water partition coefficient (Wildman–Crippen LogP) is 4.38. The van der Waals surface area contributed by atoms with Gasteiger partial charge in [0.25, 0.3) is 5.91 Å². The summed E-state index contributed by atoms with van der Waals surface area (Å²) in [5.41, 5.74) is 2.07. The molecule has 3 aromatic rings. The van der Waals surface area contributed by atoms with E-state index in [4.69, 9.17) is 0 Å².